The summed E-state index contributed by atoms with van der Waals surface area (Å²) in [6.45, 7) is 0.704. The first-order chi connectivity index (χ1) is 18.6. The summed E-state index contributed by atoms with van der Waals surface area (Å²) < 4.78 is 56.3. The summed E-state index contributed by atoms with van der Waals surface area (Å²) in [7, 11) is 1.52. The maximum atomic E-state index is 13.1. The second-order valence-electron chi connectivity index (χ2n) is 8.14. The predicted molar refractivity (Wildman–Crippen MR) is 141 cm³/mol. The number of hydrogen-bond acceptors (Lipinski definition) is 7. The third kappa shape index (κ3) is 5.52. The number of fused-ring (bicyclic) bond motifs is 3. The number of carbonyl (C=O) groups excluding carboxylic acids is 1. The molecular formula is C25H18Cl2F3N5O4. The molecule has 0 aliphatic carbocycles. The van der Waals surface area contributed by atoms with Crippen LogP contribution >= 0.6 is 23.2 Å². The van der Waals surface area contributed by atoms with Crippen molar-refractivity contribution < 1.29 is 32.2 Å². The molecule has 0 atom stereocenters. The molecule has 0 unspecified atom stereocenters. The number of ether oxygens (including phenoxy) is 3. The van der Waals surface area contributed by atoms with E-state index in [2.05, 4.69) is 25.9 Å². The standard InChI is InChI=1S/C25H18Cl2F3N5O4/c1-37-19-10-18-20(22-21(19)38-6-7-39-22)23(32-11-31-18)33-13-3-5-17(16(27)9-13)35-24(36)34-12-2-4-15(26)14(8-12)25(28,29)30/h2-5,8-11H,6-7H2,1H3,(H,31,32,33)(H2,34,35,36). The van der Waals surface area contributed by atoms with Crippen molar-refractivity contribution >= 4 is 63.0 Å². The number of nitrogens with zero attached hydrogens (tertiary/aromatic N) is 2. The van der Waals surface area contributed by atoms with Crippen molar-refractivity contribution in [2.45, 2.75) is 6.18 Å². The number of anilines is 4. The van der Waals surface area contributed by atoms with E-state index in [1.807, 2.05) is 0 Å². The van der Waals surface area contributed by atoms with Gasteiger partial charge in [-0.15, -0.1) is 0 Å². The minimum Gasteiger partial charge on any atom is -0.493 e. The summed E-state index contributed by atoms with van der Waals surface area (Å²) in [5, 5.41) is 8.26. The number of carbonyl (C=O) groups is 1. The van der Waals surface area contributed by atoms with Crippen LogP contribution in [-0.2, 0) is 6.18 Å². The fourth-order valence-electron chi connectivity index (χ4n) is 3.89. The topological polar surface area (TPSA) is 107 Å². The smallest absolute Gasteiger partial charge is 0.417 e. The van der Waals surface area contributed by atoms with Gasteiger partial charge in [-0.1, -0.05) is 23.2 Å². The zero-order valence-corrected chi connectivity index (χ0v) is 21.5. The monoisotopic (exact) mass is 579 g/mol. The van der Waals surface area contributed by atoms with Crippen molar-refractivity contribution in [1.82, 2.24) is 9.97 Å². The van der Waals surface area contributed by atoms with Crippen LogP contribution in [0.1, 0.15) is 5.56 Å². The molecule has 202 valence electrons. The highest BCUT2D eigenvalue weighted by Crippen LogP contribution is 2.47. The Morgan fingerprint density at radius 3 is 2.41 bits per heavy atom. The van der Waals surface area contributed by atoms with Crippen molar-refractivity contribution in [3.05, 3.63) is 64.4 Å². The Labute approximate surface area is 229 Å². The van der Waals surface area contributed by atoms with E-state index in [4.69, 9.17) is 37.4 Å². The van der Waals surface area contributed by atoms with Crippen LogP contribution < -0.4 is 30.2 Å². The molecule has 39 heavy (non-hydrogen) atoms. The molecule has 5 rings (SSSR count). The van der Waals surface area contributed by atoms with Gasteiger partial charge in [0.1, 0.15) is 25.4 Å². The summed E-state index contributed by atoms with van der Waals surface area (Å²) >= 11 is 12.0. The van der Waals surface area contributed by atoms with E-state index in [9.17, 15) is 18.0 Å². The molecule has 3 N–H and O–H groups in total. The number of halogens is 5. The largest absolute Gasteiger partial charge is 0.493 e. The van der Waals surface area contributed by atoms with Gasteiger partial charge in [0.05, 0.1) is 39.3 Å². The number of amides is 2. The third-order valence-corrected chi connectivity index (χ3v) is 6.25. The Morgan fingerprint density at radius 2 is 1.69 bits per heavy atom. The summed E-state index contributed by atoms with van der Waals surface area (Å²) in [5.41, 5.74) is 0.145. The molecule has 0 saturated carbocycles. The molecule has 1 aliphatic rings. The maximum absolute atomic E-state index is 13.1. The molecule has 0 fully saturated rings. The molecule has 1 aliphatic heterocycles. The van der Waals surface area contributed by atoms with E-state index in [1.165, 1.54) is 25.6 Å². The molecular weight excluding hydrogens is 562 g/mol. The minimum atomic E-state index is -4.67. The van der Waals surface area contributed by atoms with Crippen molar-refractivity contribution in [3.63, 3.8) is 0 Å². The second kappa shape index (κ2) is 10.5. The predicted octanol–water partition coefficient (Wildman–Crippen LogP) is 7.12. The Bertz CT molecular complexity index is 1590. The molecule has 14 heteroatoms. The number of alkyl halides is 3. The fraction of sp³-hybridized carbons (Fsp3) is 0.160. The maximum Gasteiger partial charge on any atom is 0.417 e. The lowest BCUT2D eigenvalue weighted by Crippen LogP contribution is -2.20. The number of rotatable bonds is 5. The zero-order valence-electron chi connectivity index (χ0n) is 20.0. The lowest BCUT2D eigenvalue weighted by molar-refractivity contribution is -0.137. The Balaban J connectivity index is 1.35. The average molecular weight is 580 g/mol. The summed E-state index contributed by atoms with van der Waals surface area (Å²) in [6, 6.07) is 8.66. The van der Waals surface area contributed by atoms with Crippen molar-refractivity contribution in [2.24, 2.45) is 0 Å². The first-order valence-electron chi connectivity index (χ1n) is 11.3. The Hall–Kier alpha value is -4.16. The van der Waals surface area contributed by atoms with E-state index >= 15 is 0 Å². The van der Waals surface area contributed by atoms with Gasteiger partial charge in [-0.25, -0.2) is 14.8 Å². The van der Waals surface area contributed by atoms with E-state index < -0.39 is 22.8 Å². The van der Waals surface area contributed by atoms with Gasteiger partial charge in [-0.3, -0.25) is 0 Å². The first-order valence-corrected chi connectivity index (χ1v) is 12.0. The van der Waals surface area contributed by atoms with Crippen molar-refractivity contribution in [1.29, 1.82) is 0 Å². The molecule has 1 aromatic heterocycles. The van der Waals surface area contributed by atoms with Gasteiger partial charge in [-0.05, 0) is 36.4 Å². The fourth-order valence-corrected chi connectivity index (χ4v) is 4.34. The van der Waals surface area contributed by atoms with Crippen molar-refractivity contribution in [3.8, 4) is 17.2 Å². The highest BCUT2D eigenvalue weighted by Gasteiger charge is 2.33. The number of benzene rings is 3. The summed E-state index contributed by atoms with van der Waals surface area (Å²) in [4.78, 5) is 21.1. The van der Waals surface area contributed by atoms with Crippen molar-refractivity contribution in [2.75, 3.05) is 36.3 Å². The molecule has 0 saturated heterocycles. The summed E-state index contributed by atoms with van der Waals surface area (Å²) in [6.07, 6.45) is -3.29. The quantitative estimate of drug-likeness (QED) is 0.231. The van der Waals surface area contributed by atoms with Gasteiger partial charge in [0.25, 0.3) is 0 Å². The lowest BCUT2D eigenvalue weighted by Gasteiger charge is -2.23. The number of aromatic nitrogens is 2. The van der Waals surface area contributed by atoms with Crippen LogP contribution in [0, 0.1) is 0 Å². The third-order valence-electron chi connectivity index (χ3n) is 5.61. The average Bonchev–Trinajstić information content (AvgIpc) is 2.90. The van der Waals surface area contributed by atoms with Gasteiger partial charge >= 0.3 is 12.2 Å². The molecule has 9 nitrogen and oxygen atoms in total. The Morgan fingerprint density at radius 1 is 0.949 bits per heavy atom. The number of nitrogens with one attached hydrogen (secondary N) is 3. The normalized spacial score (nSPS) is 12.7. The molecule has 2 heterocycles. The highest BCUT2D eigenvalue weighted by atomic mass is 35.5. The molecule has 4 aromatic rings. The van der Waals surface area contributed by atoms with Crippen LogP contribution in [0.2, 0.25) is 10.0 Å². The van der Waals surface area contributed by atoms with Gasteiger partial charge in [0.15, 0.2) is 11.5 Å². The van der Waals surface area contributed by atoms with Gasteiger partial charge in [0, 0.05) is 17.4 Å². The van der Waals surface area contributed by atoms with Crippen LogP contribution in [-0.4, -0.2) is 36.3 Å². The number of methoxy groups -OCH3 is 1. The molecule has 0 radical (unpaired) electrons. The molecule has 2 amide bonds. The van der Waals surface area contributed by atoms with E-state index in [1.54, 1.807) is 18.2 Å². The SMILES string of the molecule is COc1cc2ncnc(Nc3ccc(NC(=O)Nc4ccc(Cl)c(C(F)(F)F)c4)c(Cl)c3)c2c2c1OCCO2. The van der Waals surface area contributed by atoms with Crippen LogP contribution in [0.25, 0.3) is 10.9 Å². The van der Waals surface area contributed by atoms with E-state index in [0.29, 0.717) is 52.9 Å². The molecule has 0 bridgehead atoms. The summed E-state index contributed by atoms with van der Waals surface area (Å²) in [5.74, 6) is 1.78. The Kier molecular flexibility index (Phi) is 7.15. The number of urea groups is 1. The van der Waals surface area contributed by atoms with Gasteiger partial charge < -0.3 is 30.2 Å². The first kappa shape index (κ1) is 26.4. The molecule has 3 aromatic carbocycles. The highest BCUT2D eigenvalue weighted by molar-refractivity contribution is 6.34. The second-order valence-corrected chi connectivity index (χ2v) is 8.96. The van der Waals surface area contributed by atoms with Gasteiger partial charge in [-0.2, -0.15) is 13.2 Å². The minimum absolute atomic E-state index is 0.0968. The van der Waals surface area contributed by atoms with Crippen LogP contribution in [0.5, 0.6) is 17.2 Å². The van der Waals surface area contributed by atoms with Crippen LogP contribution in [0.4, 0.5) is 40.8 Å². The lowest BCUT2D eigenvalue weighted by atomic mass is 10.1. The zero-order chi connectivity index (χ0) is 27.7. The van der Waals surface area contributed by atoms with Crippen LogP contribution in [0.3, 0.4) is 0 Å². The molecule has 0 spiro atoms. The van der Waals surface area contributed by atoms with E-state index in [-0.39, 0.29) is 16.4 Å². The van der Waals surface area contributed by atoms with Gasteiger partial charge in [0.2, 0.25) is 5.75 Å². The van der Waals surface area contributed by atoms with E-state index in [0.717, 1.165) is 12.1 Å². The van der Waals surface area contributed by atoms with Crippen LogP contribution in [0.15, 0.2) is 48.8 Å². The number of hydrogen-bond donors (Lipinski definition) is 3.